The molecule has 0 aliphatic heterocycles. The Morgan fingerprint density at radius 2 is 2.00 bits per heavy atom. The molecule has 2 aliphatic carbocycles. The van der Waals surface area contributed by atoms with Crippen molar-refractivity contribution in [3.05, 3.63) is 0 Å². The van der Waals surface area contributed by atoms with E-state index in [-0.39, 0.29) is 0 Å². The third-order valence-electron chi connectivity index (χ3n) is 3.79. The molecule has 1 N–H and O–H groups in total. The first-order valence-electron chi connectivity index (χ1n) is 6.08. The Bertz CT molecular complexity index is 179. The standard InChI is InChI=1S/C12H23NO/c1-9(10-6-7-10)13-11-4-3-5-12(8-11)14-2/h9-13H,3-8H2,1-2H3. The van der Waals surface area contributed by atoms with Crippen molar-refractivity contribution in [2.45, 2.75) is 63.6 Å². The van der Waals surface area contributed by atoms with Gasteiger partial charge in [-0.1, -0.05) is 0 Å². The third kappa shape index (κ3) is 2.71. The second-order valence-corrected chi connectivity index (χ2v) is 5.01. The van der Waals surface area contributed by atoms with Gasteiger partial charge in [-0.2, -0.15) is 0 Å². The predicted molar refractivity (Wildman–Crippen MR) is 58.4 cm³/mol. The molecule has 0 aromatic rings. The highest BCUT2D eigenvalue weighted by Crippen LogP contribution is 2.33. The SMILES string of the molecule is COC1CCCC(NC(C)C2CC2)C1. The fourth-order valence-electron chi connectivity index (χ4n) is 2.61. The Hall–Kier alpha value is -0.0800. The minimum absolute atomic E-state index is 0.507. The summed E-state index contributed by atoms with van der Waals surface area (Å²) in [4.78, 5) is 0. The summed E-state index contributed by atoms with van der Waals surface area (Å²) < 4.78 is 5.44. The van der Waals surface area contributed by atoms with Crippen LogP contribution in [0.1, 0.15) is 45.4 Å². The number of rotatable bonds is 4. The van der Waals surface area contributed by atoms with Gasteiger partial charge < -0.3 is 10.1 Å². The van der Waals surface area contributed by atoms with E-state index >= 15 is 0 Å². The molecule has 3 unspecified atom stereocenters. The van der Waals surface area contributed by atoms with Crippen LogP contribution in [0.3, 0.4) is 0 Å². The van der Waals surface area contributed by atoms with E-state index in [9.17, 15) is 0 Å². The lowest BCUT2D eigenvalue weighted by Gasteiger charge is -2.31. The quantitative estimate of drug-likeness (QED) is 0.747. The molecular weight excluding hydrogens is 174 g/mol. The van der Waals surface area contributed by atoms with Crippen molar-refractivity contribution in [3.63, 3.8) is 0 Å². The molecule has 3 atom stereocenters. The second kappa shape index (κ2) is 4.63. The van der Waals surface area contributed by atoms with Crippen LogP contribution in [0.2, 0.25) is 0 Å². The molecule has 0 aromatic carbocycles. The Morgan fingerprint density at radius 3 is 2.64 bits per heavy atom. The van der Waals surface area contributed by atoms with Crippen LogP contribution in [0.5, 0.6) is 0 Å². The fraction of sp³-hybridized carbons (Fsp3) is 1.00. The first kappa shape index (κ1) is 10.4. The summed E-state index contributed by atoms with van der Waals surface area (Å²) in [5, 5.41) is 3.77. The number of nitrogens with one attached hydrogen (secondary N) is 1. The third-order valence-corrected chi connectivity index (χ3v) is 3.79. The summed E-state index contributed by atoms with van der Waals surface area (Å²) in [5.74, 6) is 0.970. The van der Waals surface area contributed by atoms with Gasteiger partial charge in [0.2, 0.25) is 0 Å². The van der Waals surface area contributed by atoms with Gasteiger partial charge in [-0.05, 0) is 51.4 Å². The molecule has 2 nitrogen and oxygen atoms in total. The molecule has 2 saturated carbocycles. The molecule has 2 aliphatic rings. The molecule has 0 aromatic heterocycles. The molecule has 0 bridgehead atoms. The average molecular weight is 197 g/mol. The van der Waals surface area contributed by atoms with Crippen molar-refractivity contribution in [3.8, 4) is 0 Å². The Balaban J connectivity index is 1.73. The average Bonchev–Trinajstić information content (AvgIpc) is 3.01. The van der Waals surface area contributed by atoms with Crippen LogP contribution in [0.25, 0.3) is 0 Å². The predicted octanol–water partition coefficient (Wildman–Crippen LogP) is 2.33. The molecule has 82 valence electrons. The topological polar surface area (TPSA) is 21.3 Å². The summed E-state index contributed by atoms with van der Waals surface area (Å²) in [7, 11) is 1.84. The minimum atomic E-state index is 0.507. The number of ether oxygens (including phenoxy) is 1. The van der Waals surface area contributed by atoms with Crippen LogP contribution in [-0.4, -0.2) is 25.3 Å². The van der Waals surface area contributed by atoms with Crippen LogP contribution in [0.4, 0.5) is 0 Å². The van der Waals surface area contributed by atoms with Gasteiger partial charge in [0, 0.05) is 19.2 Å². The van der Waals surface area contributed by atoms with Crippen molar-refractivity contribution in [2.75, 3.05) is 7.11 Å². The van der Waals surface area contributed by atoms with Gasteiger partial charge >= 0.3 is 0 Å². The van der Waals surface area contributed by atoms with Crippen molar-refractivity contribution < 1.29 is 4.74 Å². The van der Waals surface area contributed by atoms with E-state index in [0.717, 1.165) is 12.0 Å². The lowest BCUT2D eigenvalue weighted by Crippen LogP contribution is -2.42. The molecule has 0 heterocycles. The van der Waals surface area contributed by atoms with E-state index < -0.39 is 0 Å². The minimum Gasteiger partial charge on any atom is -0.381 e. The van der Waals surface area contributed by atoms with Crippen LogP contribution in [0, 0.1) is 5.92 Å². The first-order chi connectivity index (χ1) is 6.79. The molecule has 2 fully saturated rings. The zero-order valence-corrected chi connectivity index (χ0v) is 9.46. The molecule has 0 amide bonds. The summed E-state index contributed by atoms with van der Waals surface area (Å²) in [6.45, 7) is 2.34. The van der Waals surface area contributed by atoms with Crippen molar-refractivity contribution in [1.29, 1.82) is 0 Å². The van der Waals surface area contributed by atoms with E-state index in [4.69, 9.17) is 4.74 Å². The maximum absolute atomic E-state index is 5.44. The maximum atomic E-state index is 5.44. The Labute approximate surface area is 87.4 Å². The first-order valence-corrected chi connectivity index (χ1v) is 6.08. The molecule has 2 heteroatoms. The summed E-state index contributed by atoms with van der Waals surface area (Å²) in [5.41, 5.74) is 0. The van der Waals surface area contributed by atoms with E-state index in [1.165, 1.54) is 38.5 Å². The lowest BCUT2D eigenvalue weighted by molar-refractivity contribution is 0.0568. The van der Waals surface area contributed by atoms with Crippen molar-refractivity contribution in [2.24, 2.45) is 5.92 Å². The molecule has 2 rings (SSSR count). The smallest absolute Gasteiger partial charge is 0.0586 e. The second-order valence-electron chi connectivity index (χ2n) is 5.01. The van der Waals surface area contributed by atoms with Gasteiger partial charge in [-0.25, -0.2) is 0 Å². The Kier molecular flexibility index (Phi) is 3.45. The largest absolute Gasteiger partial charge is 0.381 e. The molecule has 0 spiro atoms. The zero-order valence-electron chi connectivity index (χ0n) is 9.46. The van der Waals surface area contributed by atoms with Gasteiger partial charge in [0.15, 0.2) is 0 Å². The zero-order chi connectivity index (χ0) is 9.97. The van der Waals surface area contributed by atoms with Crippen molar-refractivity contribution >= 4 is 0 Å². The van der Waals surface area contributed by atoms with Crippen molar-refractivity contribution in [1.82, 2.24) is 5.32 Å². The number of hydrogen-bond donors (Lipinski definition) is 1. The normalized spacial score (nSPS) is 35.6. The highest BCUT2D eigenvalue weighted by molar-refractivity contribution is 4.87. The van der Waals surface area contributed by atoms with Gasteiger partial charge in [-0.15, -0.1) is 0 Å². The summed E-state index contributed by atoms with van der Waals surface area (Å²) in [6, 6.07) is 1.44. The molecule has 0 radical (unpaired) electrons. The highest BCUT2D eigenvalue weighted by Gasteiger charge is 2.30. The highest BCUT2D eigenvalue weighted by atomic mass is 16.5. The number of hydrogen-bond acceptors (Lipinski definition) is 2. The van der Waals surface area contributed by atoms with Crippen LogP contribution < -0.4 is 5.32 Å². The fourth-order valence-corrected chi connectivity index (χ4v) is 2.61. The van der Waals surface area contributed by atoms with E-state index in [0.29, 0.717) is 12.1 Å². The summed E-state index contributed by atoms with van der Waals surface area (Å²) >= 11 is 0. The van der Waals surface area contributed by atoms with Crippen LogP contribution in [-0.2, 0) is 4.74 Å². The number of methoxy groups -OCH3 is 1. The molecular formula is C12H23NO. The van der Waals surface area contributed by atoms with Gasteiger partial charge in [0.1, 0.15) is 0 Å². The summed E-state index contributed by atoms with van der Waals surface area (Å²) in [6.07, 6.45) is 8.53. The van der Waals surface area contributed by atoms with E-state index in [2.05, 4.69) is 12.2 Å². The van der Waals surface area contributed by atoms with Gasteiger partial charge in [0.05, 0.1) is 6.10 Å². The maximum Gasteiger partial charge on any atom is 0.0586 e. The monoisotopic (exact) mass is 197 g/mol. The molecule has 0 saturated heterocycles. The Morgan fingerprint density at radius 1 is 1.21 bits per heavy atom. The van der Waals surface area contributed by atoms with Gasteiger partial charge in [0.25, 0.3) is 0 Å². The lowest BCUT2D eigenvalue weighted by atomic mass is 9.92. The van der Waals surface area contributed by atoms with Gasteiger partial charge in [-0.3, -0.25) is 0 Å². The molecule has 14 heavy (non-hydrogen) atoms. The van der Waals surface area contributed by atoms with Crippen LogP contribution >= 0.6 is 0 Å². The van der Waals surface area contributed by atoms with E-state index in [1.54, 1.807) is 0 Å². The van der Waals surface area contributed by atoms with E-state index in [1.807, 2.05) is 7.11 Å². The van der Waals surface area contributed by atoms with Crippen LogP contribution in [0.15, 0.2) is 0 Å².